The van der Waals surface area contributed by atoms with Gasteiger partial charge in [-0.1, -0.05) is 6.07 Å². The Bertz CT molecular complexity index is 532. The smallest absolute Gasteiger partial charge is 0.198 e. The number of nitrogens with one attached hydrogen (secondary N) is 1. The summed E-state index contributed by atoms with van der Waals surface area (Å²) in [6, 6.07) is 6.74. The molecule has 2 heterocycles. The molecule has 0 spiro atoms. The van der Waals surface area contributed by atoms with Crippen LogP contribution in [-0.4, -0.2) is 17.6 Å². The maximum absolute atomic E-state index is 5.87. The van der Waals surface area contributed by atoms with Crippen molar-refractivity contribution in [2.75, 3.05) is 6.54 Å². The number of fused-ring (bicyclic) bond motifs is 1. The van der Waals surface area contributed by atoms with Crippen LogP contribution in [0.1, 0.15) is 37.1 Å². The van der Waals surface area contributed by atoms with Crippen molar-refractivity contribution < 1.29 is 4.42 Å². The summed E-state index contributed by atoms with van der Waals surface area (Å²) in [6.45, 7) is 5.36. The van der Waals surface area contributed by atoms with Crippen molar-refractivity contribution in [3.63, 3.8) is 0 Å². The number of oxazole rings is 1. The summed E-state index contributed by atoms with van der Waals surface area (Å²) in [5.74, 6) is 1.39. The number of piperidine rings is 1. The molecule has 90 valence electrons. The number of aryl methyl sites for hydroxylation is 1. The Balaban J connectivity index is 1.94. The van der Waals surface area contributed by atoms with Gasteiger partial charge in [0.25, 0.3) is 0 Å². The van der Waals surface area contributed by atoms with Crippen LogP contribution in [0.5, 0.6) is 0 Å². The summed E-state index contributed by atoms with van der Waals surface area (Å²) in [5, 5.41) is 3.46. The topological polar surface area (TPSA) is 38.1 Å². The second-order valence-corrected chi connectivity index (χ2v) is 5.10. The highest BCUT2D eigenvalue weighted by molar-refractivity contribution is 5.73. The fourth-order valence-electron chi connectivity index (χ4n) is 2.59. The van der Waals surface area contributed by atoms with E-state index in [2.05, 4.69) is 36.3 Å². The minimum absolute atomic E-state index is 0.471. The van der Waals surface area contributed by atoms with Crippen molar-refractivity contribution in [3.05, 3.63) is 29.7 Å². The van der Waals surface area contributed by atoms with E-state index in [0.29, 0.717) is 12.0 Å². The number of hydrogen-bond donors (Lipinski definition) is 1. The predicted octanol–water partition coefficient (Wildman–Crippen LogP) is 2.99. The normalized spacial score (nSPS) is 25.3. The highest BCUT2D eigenvalue weighted by Crippen LogP contribution is 2.29. The van der Waals surface area contributed by atoms with E-state index in [0.717, 1.165) is 36.4 Å². The minimum atomic E-state index is 0.471. The van der Waals surface area contributed by atoms with Crippen molar-refractivity contribution >= 4 is 11.1 Å². The lowest BCUT2D eigenvalue weighted by atomic mass is 9.93. The number of rotatable bonds is 1. The van der Waals surface area contributed by atoms with Crippen LogP contribution in [0.2, 0.25) is 0 Å². The van der Waals surface area contributed by atoms with Crippen LogP contribution in [0.25, 0.3) is 11.1 Å². The van der Waals surface area contributed by atoms with E-state index in [1.165, 1.54) is 5.56 Å². The van der Waals surface area contributed by atoms with Gasteiger partial charge in [0, 0.05) is 12.0 Å². The molecule has 0 amide bonds. The zero-order valence-corrected chi connectivity index (χ0v) is 10.4. The van der Waals surface area contributed by atoms with E-state index in [9.17, 15) is 0 Å². The van der Waals surface area contributed by atoms with Crippen LogP contribution in [0, 0.1) is 6.92 Å². The van der Waals surface area contributed by atoms with E-state index in [1.807, 2.05) is 6.07 Å². The molecule has 2 unspecified atom stereocenters. The first-order valence-corrected chi connectivity index (χ1v) is 6.33. The van der Waals surface area contributed by atoms with Crippen LogP contribution < -0.4 is 5.32 Å². The fourth-order valence-corrected chi connectivity index (χ4v) is 2.59. The average Bonchev–Trinajstić information content (AvgIpc) is 2.72. The molecule has 0 radical (unpaired) electrons. The molecule has 1 fully saturated rings. The zero-order valence-electron chi connectivity index (χ0n) is 10.4. The van der Waals surface area contributed by atoms with Crippen molar-refractivity contribution in [3.8, 4) is 0 Å². The lowest BCUT2D eigenvalue weighted by Crippen LogP contribution is -2.34. The van der Waals surface area contributed by atoms with Gasteiger partial charge in [0.05, 0.1) is 0 Å². The molecule has 0 bridgehead atoms. The maximum Gasteiger partial charge on any atom is 0.198 e. The second-order valence-electron chi connectivity index (χ2n) is 5.10. The Morgan fingerprint density at radius 3 is 3.12 bits per heavy atom. The third-order valence-electron chi connectivity index (χ3n) is 3.53. The SMILES string of the molecule is Cc1ccc2oc(C3CCNC(C)C3)nc2c1. The Morgan fingerprint density at radius 2 is 2.29 bits per heavy atom. The molecule has 1 N–H and O–H groups in total. The van der Waals surface area contributed by atoms with Crippen molar-refractivity contribution in [2.24, 2.45) is 0 Å². The average molecular weight is 230 g/mol. The summed E-state index contributed by atoms with van der Waals surface area (Å²) in [5.41, 5.74) is 3.14. The first-order chi connectivity index (χ1) is 8.22. The monoisotopic (exact) mass is 230 g/mol. The molecule has 1 aromatic heterocycles. The number of nitrogens with zero attached hydrogens (tertiary/aromatic N) is 1. The summed E-state index contributed by atoms with van der Waals surface area (Å²) >= 11 is 0. The Labute approximate surface area is 101 Å². The van der Waals surface area contributed by atoms with Crippen molar-refractivity contribution in [1.82, 2.24) is 10.3 Å². The highest BCUT2D eigenvalue weighted by atomic mass is 16.3. The third kappa shape index (κ3) is 2.07. The van der Waals surface area contributed by atoms with E-state index in [4.69, 9.17) is 4.42 Å². The standard InChI is InChI=1S/C14H18N2O/c1-9-3-4-13-12(7-9)16-14(17-13)11-5-6-15-10(2)8-11/h3-4,7,10-11,15H,5-6,8H2,1-2H3. The number of aromatic nitrogens is 1. The van der Waals surface area contributed by atoms with Crippen molar-refractivity contribution in [1.29, 1.82) is 0 Å². The molecule has 1 saturated heterocycles. The molecule has 1 aliphatic heterocycles. The van der Waals surface area contributed by atoms with E-state index >= 15 is 0 Å². The maximum atomic E-state index is 5.87. The van der Waals surface area contributed by atoms with Crippen LogP contribution in [-0.2, 0) is 0 Å². The Morgan fingerprint density at radius 1 is 1.41 bits per heavy atom. The van der Waals surface area contributed by atoms with Gasteiger partial charge in [0.15, 0.2) is 11.5 Å². The first kappa shape index (κ1) is 10.8. The first-order valence-electron chi connectivity index (χ1n) is 6.33. The summed E-state index contributed by atoms with van der Waals surface area (Å²) in [7, 11) is 0. The van der Waals surface area contributed by atoms with E-state index in [1.54, 1.807) is 0 Å². The van der Waals surface area contributed by atoms with Gasteiger partial charge in [0.1, 0.15) is 5.52 Å². The summed E-state index contributed by atoms with van der Waals surface area (Å²) in [6.07, 6.45) is 2.24. The van der Waals surface area contributed by atoms with Gasteiger partial charge < -0.3 is 9.73 Å². The van der Waals surface area contributed by atoms with Crippen LogP contribution >= 0.6 is 0 Å². The lowest BCUT2D eigenvalue weighted by Gasteiger charge is -2.25. The molecule has 1 aromatic carbocycles. The predicted molar refractivity (Wildman–Crippen MR) is 68.2 cm³/mol. The minimum Gasteiger partial charge on any atom is -0.440 e. The third-order valence-corrected chi connectivity index (χ3v) is 3.53. The molecule has 3 nitrogen and oxygen atoms in total. The second kappa shape index (κ2) is 4.15. The van der Waals surface area contributed by atoms with Crippen LogP contribution in [0.3, 0.4) is 0 Å². The van der Waals surface area contributed by atoms with Gasteiger partial charge in [-0.25, -0.2) is 4.98 Å². The van der Waals surface area contributed by atoms with Gasteiger partial charge in [-0.2, -0.15) is 0 Å². The van der Waals surface area contributed by atoms with Crippen molar-refractivity contribution in [2.45, 2.75) is 38.6 Å². The quantitative estimate of drug-likeness (QED) is 0.818. The largest absolute Gasteiger partial charge is 0.440 e. The Hall–Kier alpha value is -1.35. The highest BCUT2D eigenvalue weighted by Gasteiger charge is 2.24. The molecule has 3 rings (SSSR count). The molecule has 2 aromatic rings. The van der Waals surface area contributed by atoms with Gasteiger partial charge in [-0.3, -0.25) is 0 Å². The molecular formula is C14H18N2O. The zero-order chi connectivity index (χ0) is 11.8. The van der Waals surface area contributed by atoms with Crippen LogP contribution in [0.4, 0.5) is 0 Å². The van der Waals surface area contributed by atoms with Crippen LogP contribution in [0.15, 0.2) is 22.6 Å². The van der Waals surface area contributed by atoms with Gasteiger partial charge in [-0.05, 0) is 50.9 Å². The van der Waals surface area contributed by atoms with E-state index in [-0.39, 0.29) is 0 Å². The number of benzene rings is 1. The molecule has 3 heteroatoms. The van der Waals surface area contributed by atoms with Gasteiger partial charge >= 0.3 is 0 Å². The van der Waals surface area contributed by atoms with Gasteiger partial charge in [-0.15, -0.1) is 0 Å². The molecule has 0 saturated carbocycles. The Kier molecular flexibility index (Phi) is 2.63. The molecule has 2 atom stereocenters. The number of hydrogen-bond acceptors (Lipinski definition) is 3. The molecule has 1 aliphatic rings. The molecule has 17 heavy (non-hydrogen) atoms. The summed E-state index contributed by atoms with van der Waals surface area (Å²) < 4.78 is 5.87. The lowest BCUT2D eigenvalue weighted by molar-refractivity contribution is 0.336. The molecule has 0 aliphatic carbocycles. The van der Waals surface area contributed by atoms with E-state index < -0.39 is 0 Å². The van der Waals surface area contributed by atoms with Gasteiger partial charge in [0.2, 0.25) is 0 Å². The molecular weight excluding hydrogens is 212 g/mol. The fraction of sp³-hybridized carbons (Fsp3) is 0.500. The summed E-state index contributed by atoms with van der Waals surface area (Å²) in [4.78, 5) is 4.64.